The highest BCUT2D eigenvalue weighted by Gasteiger charge is 2.02. The normalized spacial score (nSPS) is 11.4. The SMILES string of the molecule is CCOC(/C=C/C(=O)CC)OCC. The first-order valence-corrected chi connectivity index (χ1v) is 4.68. The van der Waals surface area contributed by atoms with Gasteiger partial charge in [0.15, 0.2) is 12.1 Å². The van der Waals surface area contributed by atoms with Crippen molar-refractivity contribution in [2.45, 2.75) is 33.5 Å². The van der Waals surface area contributed by atoms with Crippen LogP contribution in [-0.2, 0) is 14.3 Å². The van der Waals surface area contributed by atoms with E-state index < -0.39 is 0 Å². The van der Waals surface area contributed by atoms with Crippen LogP contribution in [0.5, 0.6) is 0 Å². The minimum absolute atomic E-state index is 0.0874. The second kappa shape index (κ2) is 7.95. The van der Waals surface area contributed by atoms with Crippen LogP contribution in [0.1, 0.15) is 27.2 Å². The number of ether oxygens (including phenoxy) is 2. The van der Waals surface area contributed by atoms with Crippen LogP contribution < -0.4 is 0 Å². The number of rotatable bonds is 7. The van der Waals surface area contributed by atoms with Gasteiger partial charge in [0.2, 0.25) is 0 Å². The molecular formula is C10H18O3. The zero-order chi connectivity index (χ0) is 10.1. The van der Waals surface area contributed by atoms with E-state index >= 15 is 0 Å². The number of hydrogen-bond acceptors (Lipinski definition) is 3. The molecule has 0 saturated heterocycles. The van der Waals surface area contributed by atoms with Gasteiger partial charge in [0, 0.05) is 19.6 Å². The molecule has 0 rings (SSSR count). The molecule has 0 aliphatic heterocycles. The standard InChI is InChI=1S/C10H18O3/c1-4-9(11)7-8-10(12-5-2)13-6-3/h7-8,10H,4-6H2,1-3H3/b8-7+. The maximum Gasteiger partial charge on any atom is 0.177 e. The van der Waals surface area contributed by atoms with Crippen molar-refractivity contribution in [3.05, 3.63) is 12.2 Å². The van der Waals surface area contributed by atoms with Gasteiger partial charge < -0.3 is 9.47 Å². The number of carbonyl (C=O) groups is 1. The van der Waals surface area contributed by atoms with Crippen molar-refractivity contribution in [1.82, 2.24) is 0 Å². The third-order valence-electron chi connectivity index (χ3n) is 1.45. The fourth-order valence-corrected chi connectivity index (χ4v) is 0.792. The minimum Gasteiger partial charge on any atom is -0.349 e. The summed E-state index contributed by atoms with van der Waals surface area (Å²) in [6, 6.07) is 0. The van der Waals surface area contributed by atoms with Gasteiger partial charge in [-0.3, -0.25) is 4.79 Å². The van der Waals surface area contributed by atoms with Crippen molar-refractivity contribution in [2.75, 3.05) is 13.2 Å². The van der Waals surface area contributed by atoms with Crippen LogP contribution in [0.15, 0.2) is 12.2 Å². The third kappa shape index (κ3) is 6.49. The van der Waals surface area contributed by atoms with Crippen molar-refractivity contribution in [3.63, 3.8) is 0 Å². The molecule has 3 heteroatoms. The van der Waals surface area contributed by atoms with Gasteiger partial charge >= 0.3 is 0 Å². The van der Waals surface area contributed by atoms with Crippen LogP contribution in [0.3, 0.4) is 0 Å². The van der Waals surface area contributed by atoms with E-state index in [1.807, 2.05) is 20.8 Å². The van der Waals surface area contributed by atoms with Crippen LogP contribution in [-0.4, -0.2) is 25.3 Å². The van der Waals surface area contributed by atoms with Crippen molar-refractivity contribution < 1.29 is 14.3 Å². The van der Waals surface area contributed by atoms with Gasteiger partial charge in [0.1, 0.15) is 0 Å². The highest BCUT2D eigenvalue weighted by molar-refractivity contribution is 5.89. The Hall–Kier alpha value is -0.670. The Balaban J connectivity index is 3.91. The zero-order valence-corrected chi connectivity index (χ0v) is 8.58. The summed E-state index contributed by atoms with van der Waals surface area (Å²) in [5, 5.41) is 0. The Kier molecular flexibility index (Phi) is 7.54. The number of hydrogen-bond donors (Lipinski definition) is 0. The second-order valence-electron chi connectivity index (χ2n) is 2.46. The first-order chi connectivity index (χ1) is 6.24. The van der Waals surface area contributed by atoms with Gasteiger partial charge in [-0.1, -0.05) is 6.92 Å². The highest BCUT2D eigenvalue weighted by atomic mass is 16.7. The number of ketones is 1. The lowest BCUT2D eigenvalue weighted by molar-refractivity contribution is -0.115. The summed E-state index contributed by atoms with van der Waals surface area (Å²) in [4.78, 5) is 10.9. The molecule has 0 aliphatic rings. The molecule has 13 heavy (non-hydrogen) atoms. The molecule has 0 atom stereocenters. The average Bonchev–Trinajstić information content (AvgIpc) is 2.14. The summed E-state index contributed by atoms with van der Waals surface area (Å²) in [5.74, 6) is 0.0874. The first-order valence-electron chi connectivity index (χ1n) is 4.68. The van der Waals surface area contributed by atoms with E-state index in [4.69, 9.17) is 9.47 Å². The second-order valence-corrected chi connectivity index (χ2v) is 2.46. The quantitative estimate of drug-likeness (QED) is 0.450. The molecule has 0 amide bonds. The zero-order valence-electron chi connectivity index (χ0n) is 8.58. The molecule has 76 valence electrons. The van der Waals surface area contributed by atoms with Gasteiger partial charge in [0.25, 0.3) is 0 Å². The Labute approximate surface area is 79.7 Å². The summed E-state index contributed by atoms with van der Waals surface area (Å²) in [6.07, 6.45) is 3.29. The van der Waals surface area contributed by atoms with E-state index in [0.29, 0.717) is 19.6 Å². The molecule has 0 aromatic heterocycles. The molecule has 0 aromatic rings. The Bertz CT molecular complexity index is 158. The molecule has 0 saturated carbocycles. The Morgan fingerprint density at radius 2 is 1.77 bits per heavy atom. The molecule has 0 N–H and O–H groups in total. The minimum atomic E-state index is -0.384. The molecule has 0 aromatic carbocycles. The largest absolute Gasteiger partial charge is 0.349 e. The van der Waals surface area contributed by atoms with Crippen LogP contribution >= 0.6 is 0 Å². The van der Waals surface area contributed by atoms with Crippen LogP contribution in [0.25, 0.3) is 0 Å². The summed E-state index contributed by atoms with van der Waals surface area (Å²) in [7, 11) is 0. The van der Waals surface area contributed by atoms with Crippen molar-refractivity contribution in [2.24, 2.45) is 0 Å². The molecule has 0 bridgehead atoms. The first kappa shape index (κ1) is 12.3. The molecule has 0 unspecified atom stereocenters. The van der Waals surface area contributed by atoms with Gasteiger partial charge in [-0.15, -0.1) is 0 Å². The van der Waals surface area contributed by atoms with E-state index in [2.05, 4.69) is 0 Å². The number of carbonyl (C=O) groups excluding carboxylic acids is 1. The average molecular weight is 186 g/mol. The van der Waals surface area contributed by atoms with Crippen molar-refractivity contribution >= 4 is 5.78 Å². The predicted molar refractivity (Wildman–Crippen MR) is 51.5 cm³/mol. The monoisotopic (exact) mass is 186 g/mol. The van der Waals surface area contributed by atoms with E-state index in [1.54, 1.807) is 6.08 Å². The highest BCUT2D eigenvalue weighted by Crippen LogP contribution is 1.97. The van der Waals surface area contributed by atoms with E-state index in [9.17, 15) is 4.79 Å². The molecule has 0 radical (unpaired) electrons. The maximum atomic E-state index is 10.9. The lowest BCUT2D eigenvalue weighted by Crippen LogP contribution is -2.14. The fourth-order valence-electron chi connectivity index (χ4n) is 0.792. The van der Waals surface area contributed by atoms with E-state index in [-0.39, 0.29) is 12.1 Å². The Morgan fingerprint density at radius 1 is 1.23 bits per heavy atom. The van der Waals surface area contributed by atoms with Crippen molar-refractivity contribution in [3.8, 4) is 0 Å². The van der Waals surface area contributed by atoms with Gasteiger partial charge in [-0.05, 0) is 26.0 Å². The summed E-state index contributed by atoms with van der Waals surface area (Å²) >= 11 is 0. The summed E-state index contributed by atoms with van der Waals surface area (Å²) in [6.45, 7) is 6.76. The molecule has 0 aliphatic carbocycles. The smallest absolute Gasteiger partial charge is 0.177 e. The molecular weight excluding hydrogens is 168 g/mol. The van der Waals surface area contributed by atoms with Crippen LogP contribution in [0.4, 0.5) is 0 Å². The molecule has 0 spiro atoms. The summed E-state index contributed by atoms with van der Waals surface area (Å²) < 4.78 is 10.4. The lowest BCUT2D eigenvalue weighted by atomic mass is 10.3. The third-order valence-corrected chi connectivity index (χ3v) is 1.45. The maximum absolute atomic E-state index is 10.9. The van der Waals surface area contributed by atoms with Gasteiger partial charge in [-0.2, -0.15) is 0 Å². The topological polar surface area (TPSA) is 35.5 Å². The fraction of sp³-hybridized carbons (Fsp3) is 0.700. The number of allylic oxidation sites excluding steroid dienone is 1. The van der Waals surface area contributed by atoms with Crippen molar-refractivity contribution in [1.29, 1.82) is 0 Å². The molecule has 3 nitrogen and oxygen atoms in total. The van der Waals surface area contributed by atoms with Crippen LogP contribution in [0.2, 0.25) is 0 Å². The van der Waals surface area contributed by atoms with E-state index in [0.717, 1.165) is 0 Å². The van der Waals surface area contributed by atoms with E-state index in [1.165, 1.54) is 6.08 Å². The predicted octanol–water partition coefficient (Wildman–Crippen LogP) is 1.92. The van der Waals surface area contributed by atoms with Crippen LogP contribution in [0, 0.1) is 0 Å². The van der Waals surface area contributed by atoms with Gasteiger partial charge in [-0.25, -0.2) is 0 Å². The van der Waals surface area contributed by atoms with Gasteiger partial charge in [0.05, 0.1) is 0 Å². The Morgan fingerprint density at radius 3 is 2.15 bits per heavy atom. The molecule has 0 fully saturated rings. The lowest BCUT2D eigenvalue weighted by Gasteiger charge is -2.11. The molecule has 0 heterocycles. The summed E-state index contributed by atoms with van der Waals surface area (Å²) in [5.41, 5.74) is 0.